The van der Waals surface area contributed by atoms with Gasteiger partial charge in [-0.2, -0.15) is 0 Å². The lowest BCUT2D eigenvalue weighted by Gasteiger charge is -2.21. The van der Waals surface area contributed by atoms with Crippen molar-refractivity contribution in [3.63, 3.8) is 0 Å². The fourth-order valence-corrected chi connectivity index (χ4v) is 4.43. The van der Waals surface area contributed by atoms with Crippen LogP contribution in [-0.2, 0) is 19.1 Å². The molecule has 8 heteroatoms. The largest absolute Gasteiger partial charge is 0.481 e. The number of aliphatic carboxylic acids is 1. The molecule has 2 amide bonds. The standard InChI is InChI=1S/C24H26N2O6/c1-14(12-21(27)28)25-23(29)22-20(10-11-31-22)26-24(30)32-13-19-17-8-4-2-6-15(17)16-7-3-5-9-18(16)19/h2-9,14,19-20,22H,10-13H2,1H3,(H,25,29)(H,26,30)(H,27,28)/t14-,20-,22+/m0/s1. The molecule has 4 rings (SSSR count). The Morgan fingerprint density at radius 1 is 1.09 bits per heavy atom. The number of benzene rings is 2. The van der Waals surface area contributed by atoms with E-state index in [1.807, 2.05) is 36.4 Å². The van der Waals surface area contributed by atoms with Crippen molar-refractivity contribution >= 4 is 18.0 Å². The molecule has 3 N–H and O–H groups in total. The van der Waals surface area contributed by atoms with Crippen LogP contribution in [0.5, 0.6) is 0 Å². The quantitative estimate of drug-likeness (QED) is 0.612. The lowest BCUT2D eigenvalue weighted by molar-refractivity contribution is -0.138. The summed E-state index contributed by atoms with van der Waals surface area (Å²) in [6, 6.07) is 15.1. The zero-order valence-electron chi connectivity index (χ0n) is 17.7. The van der Waals surface area contributed by atoms with Crippen LogP contribution in [0.2, 0.25) is 0 Å². The molecule has 1 aliphatic heterocycles. The zero-order valence-corrected chi connectivity index (χ0v) is 17.7. The van der Waals surface area contributed by atoms with Crippen LogP contribution in [0, 0.1) is 0 Å². The zero-order chi connectivity index (χ0) is 22.7. The van der Waals surface area contributed by atoms with Gasteiger partial charge in [0, 0.05) is 18.6 Å². The molecule has 3 atom stereocenters. The van der Waals surface area contributed by atoms with Crippen molar-refractivity contribution in [2.45, 2.75) is 43.9 Å². The topological polar surface area (TPSA) is 114 Å². The first-order valence-electron chi connectivity index (χ1n) is 10.7. The van der Waals surface area contributed by atoms with Gasteiger partial charge in [0.05, 0.1) is 12.5 Å². The van der Waals surface area contributed by atoms with E-state index in [0.717, 1.165) is 22.3 Å². The summed E-state index contributed by atoms with van der Waals surface area (Å²) in [5, 5.41) is 14.2. The van der Waals surface area contributed by atoms with E-state index >= 15 is 0 Å². The van der Waals surface area contributed by atoms with E-state index in [1.54, 1.807) is 6.92 Å². The molecular formula is C24H26N2O6. The van der Waals surface area contributed by atoms with Gasteiger partial charge in [-0.15, -0.1) is 0 Å². The first kappa shape index (κ1) is 21.8. The summed E-state index contributed by atoms with van der Waals surface area (Å²) >= 11 is 0. The highest BCUT2D eigenvalue weighted by atomic mass is 16.6. The number of nitrogens with one attached hydrogen (secondary N) is 2. The Morgan fingerprint density at radius 3 is 2.34 bits per heavy atom. The maximum absolute atomic E-state index is 12.5. The molecule has 2 aromatic carbocycles. The molecule has 2 aliphatic rings. The molecule has 8 nitrogen and oxygen atoms in total. The number of carboxylic acid groups (broad SMARTS) is 1. The van der Waals surface area contributed by atoms with Gasteiger partial charge in [-0.3, -0.25) is 9.59 Å². The van der Waals surface area contributed by atoms with E-state index in [2.05, 4.69) is 22.8 Å². The van der Waals surface area contributed by atoms with Crippen LogP contribution in [0.4, 0.5) is 4.79 Å². The van der Waals surface area contributed by atoms with E-state index < -0.39 is 36.2 Å². The molecule has 1 saturated heterocycles. The van der Waals surface area contributed by atoms with E-state index in [-0.39, 0.29) is 18.9 Å². The van der Waals surface area contributed by atoms with Crippen LogP contribution < -0.4 is 10.6 Å². The number of ether oxygens (including phenoxy) is 2. The highest BCUT2D eigenvalue weighted by Crippen LogP contribution is 2.44. The van der Waals surface area contributed by atoms with Crippen LogP contribution in [0.3, 0.4) is 0 Å². The SMILES string of the molecule is C[C@@H](CC(=O)O)NC(=O)[C@@H]1OCC[C@@H]1NC(=O)OCC1c2ccccc2-c2ccccc21. The van der Waals surface area contributed by atoms with E-state index in [0.29, 0.717) is 13.0 Å². The van der Waals surface area contributed by atoms with Crippen molar-refractivity contribution in [2.24, 2.45) is 0 Å². The van der Waals surface area contributed by atoms with Gasteiger partial charge < -0.3 is 25.2 Å². The third kappa shape index (κ3) is 4.60. The molecule has 1 aliphatic carbocycles. The summed E-state index contributed by atoms with van der Waals surface area (Å²) in [5.41, 5.74) is 4.53. The number of rotatable bonds is 7. The molecule has 0 radical (unpaired) electrons. The van der Waals surface area contributed by atoms with E-state index in [9.17, 15) is 14.4 Å². The monoisotopic (exact) mass is 438 g/mol. The van der Waals surface area contributed by atoms with Crippen molar-refractivity contribution in [1.29, 1.82) is 0 Å². The van der Waals surface area contributed by atoms with Crippen LogP contribution in [0.25, 0.3) is 11.1 Å². The Kier molecular flexibility index (Phi) is 6.41. The van der Waals surface area contributed by atoms with Crippen molar-refractivity contribution in [1.82, 2.24) is 10.6 Å². The normalized spacial score (nSPS) is 20.2. The van der Waals surface area contributed by atoms with Gasteiger partial charge in [0.2, 0.25) is 0 Å². The fourth-order valence-electron chi connectivity index (χ4n) is 4.43. The first-order valence-corrected chi connectivity index (χ1v) is 10.7. The molecule has 0 bridgehead atoms. The number of fused-ring (bicyclic) bond motifs is 3. The second-order valence-electron chi connectivity index (χ2n) is 8.16. The van der Waals surface area contributed by atoms with Gasteiger partial charge >= 0.3 is 12.1 Å². The van der Waals surface area contributed by atoms with Crippen molar-refractivity contribution in [2.75, 3.05) is 13.2 Å². The number of amides is 2. The number of hydrogen-bond donors (Lipinski definition) is 3. The van der Waals surface area contributed by atoms with Gasteiger partial charge in [0.1, 0.15) is 6.61 Å². The van der Waals surface area contributed by atoms with E-state index in [4.69, 9.17) is 14.6 Å². The number of carbonyl (C=O) groups is 3. The molecule has 168 valence electrons. The maximum Gasteiger partial charge on any atom is 0.407 e. The summed E-state index contributed by atoms with van der Waals surface area (Å²) in [5.74, 6) is -1.50. The van der Waals surface area contributed by atoms with Crippen molar-refractivity contribution in [3.8, 4) is 11.1 Å². The average Bonchev–Trinajstić information content (AvgIpc) is 3.34. The van der Waals surface area contributed by atoms with Gasteiger partial charge in [-0.05, 0) is 35.6 Å². The molecule has 0 spiro atoms. The van der Waals surface area contributed by atoms with Gasteiger partial charge in [0.15, 0.2) is 6.10 Å². The lowest BCUT2D eigenvalue weighted by atomic mass is 9.98. The van der Waals surface area contributed by atoms with Gasteiger partial charge in [-0.25, -0.2) is 4.79 Å². The highest BCUT2D eigenvalue weighted by Gasteiger charge is 2.36. The fraction of sp³-hybridized carbons (Fsp3) is 0.375. The molecule has 1 heterocycles. The summed E-state index contributed by atoms with van der Waals surface area (Å²) in [6.07, 6.45) is -1.22. The molecule has 0 aromatic heterocycles. The second-order valence-corrected chi connectivity index (χ2v) is 8.16. The number of hydrogen-bond acceptors (Lipinski definition) is 5. The molecule has 2 aromatic rings. The number of carbonyl (C=O) groups excluding carboxylic acids is 2. The maximum atomic E-state index is 12.5. The minimum absolute atomic E-state index is 0.0519. The number of carboxylic acids is 1. The molecule has 0 saturated carbocycles. The summed E-state index contributed by atoms with van der Waals surface area (Å²) in [6.45, 7) is 2.11. The Labute approximate surface area is 185 Å². The minimum Gasteiger partial charge on any atom is -0.481 e. The molecular weight excluding hydrogens is 412 g/mol. The molecule has 1 fully saturated rings. The Morgan fingerprint density at radius 2 is 1.72 bits per heavy atom. The Bertz CT molecular complexity index is 978. The van der Waals surface area contributed by atoms with Crippen LogP contribution >= 0.6 is 0 Å². The van der Waals surface area contributed by atoms with Crippen LogP contribution in [0.1, 0.15) is 36.8 Å². The van der Waals surface area contributed by atoms with Crippen LogP contribution in [0.15, 0.2) is 48.5 Å². The highest BCUT2D eigenvalue weighted by molar-refractivity contribution is 5.84. The Balaban J connectivity index is 1.35. The smallest absolute Gasteiger partial charge is 0.407 e. The molecule has 32 heavy (non-hydrogen) atoms. The predicted molar refractivity (Wildman–Crippen MR) is 116 cm³/mol. The minimum atomic E-state index is -1.00. The summed E-state index contributed by atoms with van der Waals surface area (Å²) in [4.78, 5) is 35.8. The van der Waals surface area contributed by atoms with Crippen molar-refractivity contribution < 1.29 is 29.0 Å². The third-order valence-electron chi connectivity index (χ3n) is 5.87. The predicted octanol–water partition coefficient (Wildman–Crippen LogP) is 2.66. The molecule has 0 unspecified atom stereocenters. The average molecular weight is 438 g/mol. The summed E-state index contributed by atoms with van der Waals surface area (Å²) in [7, 11) is 0. The van der Waals surface area contributed by atoms with E-state index in [1.165, 1.54) is 0 Å². The second kappa shape index (κ2) is 9.40. The van der Waals surface area contributed by atoms with Gasteiger partial charge in [-0.1, -0.05) is 48.5 Å². The van der Waals surface area contributed by atoms with Gasteiger partial charge in [0.25, 0.3) is 5.91 Å². The van der Waals surface area contributed by atoms with Crippen molar-refractivity contribution in [3.05, 3.63) is 59.7 Å². The summed E-state index contributed by atoms with van der Waals surface area (Å²) < 4.78 is 11.0. The first-order chi connectivity index (χ1) is 15.4. The lowest BCUT2D eigenvalue weighted by Crippen LogP contribution is -2.50. The Hall–Kier alpha value is -3.39. The third-order valence-corrected chi connectivity index (χ3v) is 5.87. The van der Waals surface area contributed by atoms with Crippen LogP contribution in [-0.4, -0.2) is 54.5 Å². The number of alkyl carbamates (subject to hydrolysis) is 1.